The van der Waals surface area contributed by atoms with Gasteiger partial charge in [0.15, 0.2) is 0 Å². The van der Waals surface area contributed by atoms with Gasteiger partial charge in [-0.15, -0.1) is 0 Å². The van der Waals surface area contributed by atoms with Crippen LogP contribution in [0.4, 0.5) is 0 Å². The number of halogens is 1. The predicted octanol–water partition coefficient (Wildman–Crippen LogP) is 4.32. The minimum absolute atomic E-state index is 0.528. The summed E-state index contributed by atoms with van der Waals surface area (Å²) in [4.78, 5) is 10.9. The first-order chi connectivity index (χ1) is 8.99. The zero-order valence-electron chi connectivity index (χ0n) is 11.5. The van der Waals surface area contributed by atoms with Crippen LogP contribution in [0.5, 0.6) is 5.75 Å². The molecule has 0 radical (unpaired) electrons. The maximum Gasteiger partial charge on any atom is 0.328 e. The van der Waals surface area contributed by atoms with Crippen LogP contribution in [0.1, 0.15) is 37.8 Å². The van der Waals surface area contributed by atoms with E-state index in [9.17, 15) is 4.79 Å². The second kappa shape index (κ2) is 7.19. The number of carboxylic acid groups (broad SMARTS) is 1. The number of hydrogen-bond donors (Lipinski definition) is 1. The van der Waals surface area contributed by atoms with Crippen LogP contribution in [0.25, 0.3) is 5.57 Å². The van der Waals surface area contributed by atoms with Gasteiger partial charge in [-0.3, -0.25) is 0 Å². The third-order valence-electron chi connectivity index (χ3n) is 2.72. The topological polar surface area (TPSA) is 46.5 Å². The Kier molecular flexibility index (Phi) is 5.90. The van der Waals surface area contributed by atoms with E-state index in [1.54, 1.807) is 6.07 Å². The molecule has 0 aliphatic carbocycles. The monoisotopic (exact) mass is 282 g/mol. The fourth-order valence-electron chi connectivity index (χ4n) is 1.88. The summed E-state index contributed by atoms with van der Waals surface area (Å²) in [7, 11) is 0. The summed E-state index contributed by atoms with van der Waals surface area (Å²) in [6.45, 7) is 6.33. The Labute approximate surface area is 118 Å². The molecule has 0 aliphatic heterocycles. The minimum atomic E-state index is -0.956. The third kappa shape index (κ3) is 4.28. The number of aryl methyl sites for hydroxylation is 1. The molecule has 104 valence electrons. The maximum atomic E-state index is 10.9. The molecule has 1 aromatic carbocycles. The van der Waals surface area contributed by atoms with Crippen molar-refractivity contribution in [2.75, 3.05) is 6.61 Å². The number of allylic oxidation sites excluding steroid dienone is 1. The van der Waals surface area contributed by atoms with E-state index in [0.717, 1.165) is 23.1 Å². The molecule has 0 spiro atoms. The van der Waals surface area contributed by atoms with Crippen molar-refractivity contribution in [3.05, 3.63) is 34.4 Å². The molecule has 1 N–H and O–H groups in total. The van der Waals surface area contributed by atoms with Crippen LogP contribution >= 0.6 is 11.6 Å². The average Bonchev–Trinajstić information content (AvgIpc) is 2.33. The molecule has 0 fully saturated rings. The first-order valence-corrected chi connectivity index (χ1v) is 6.74. The quantitative estimate of drug-likeness (QED) is 0.791. The summed E-state index contributed by atoms with van der Waals surface area (Å²) in [5, 5.41) is 9.58. The highest BCUT2D eigenvalue weighted by Crippen LogP contribution is 2.34. The highest BCUT2D eigenvalue weighted by Gasteiger charge is 2.12. The van der Waals surface area contributed by atoms with Crippen LogP contribution in [0.2, 0.25) is 5.02 Å². The number of rotatable bonds is 6. The molecule has 4 heteroatoms. The number of aliphatic carboxylic acids is 1. The first kappa shape index (κ1) is 15.6. The lowest BCUT2D eigenvalue weighted by atomic mass is 9.98. The lowest BCUT2D eigenvalue weighted by molar-refractivity contribution is -0.131. The van der Waals surface area contributed by atoms with Crippen molar-refractivity contribution in [1.29, 1.82) is 0 Å². The van der Waals surface area contributed by atoms with Crippen LogP contribution in [-0.4, -0.2) is 17.7 Å². The largest absolute Gasteiger partial charge is 0.493 e. The van der Waals surface area contributed by atoms with Crippen LogP contribution in [-0.2, 0) is 4.79 Å². The van der Waals surface area contributed by atoms with Crippen LogP contribution in [0, 0.1) is 6.92 Å². The Balaban J connectivity index is 3.35. The highest BCUT2D eigenvalue weighted by molar-refractivity contribution is 6.31. The van der Waals surface area contributed by atoms with Gasteiger partial charge in [0.1, 0.15) is 5.75 Å². The smallest absolute Gasteiger partial charge is 0.328 e. The molecule has 0 aliphatic rings. The van der Waals surface area contributed by atoms with E-state index >= 15 is 0 Å². The number of hydrogen-bond acceptors (Lipinski definition) is 2. The third-order valence-corrected chi connectivity index (χ3v) is 3.13. The van der Waals surface area contributed by atoms with Crippen molar-refractivity contribution in [2.45, 2.75) is 33.6 Å². The summed E-state index contributed by atoms with van der Waals surface area (Å²) in [6.07, 6.45) is 2.76. The van der Waals surface area contributed by atoms with Crippen molar-refractivity contribution in [3.8, 4) is 5.75 Å². The molecule has 1 aromatic rings. The number of carbonyl (C=O) groups is 1. The lowest BCUT2D eigenvalue weighted by Gasteiger charge is -2.14. The van der Waals surface area contributed by atoms with E-state index in [-0.39, 0.29) is 0 Å². The van der Waals surface area contributed by atoms with Gasteiger partial charge < -0.3 is 9.84 Å². The van der Waals surface area contributed by atoms with Crippen LogP contribution in [0.3, 0.4) is 0 Å². The molecule has 1 rings (SSSR count). The normalized spacial score (nSPS) is 11.5. The van der Waals surface area contributed by atoms with Gasteiger partial charge in [-0.2, -0.15) is 0 Å². The summed E-state index contributed by atoms with van der Waals surface area (Å²) in [5.74, 6) is -0.270. The summed E-state index contributed by atoms with van der Waals surface area (Å²) < 4.78 is 5.59. The van der Waals surface area contributed by atoms with Gasteiger partial charge in [0.2, 0.25) is 0 Å². The van der Waals surface area contributed by atoms with Gasteiger partial charge in [-0.05, 0) is 43.5 Å². The Morgan fingerprint density at radius 2 is 2.11 bits per heavy atom. The number of benzene rings is 1. The SMILES string of the molecule is CCC/C(=C\C(=O)O)c1cc(Cl)c(C)cc1OCC. The standard InChI is InChI=1S/C15H19ClO3/c1-4-6-11(8-15(17)18)12-9-13(16)10(3)7-14(12)19-5-2/h7-9H,4-6H2,1-3H3,(H,17,18)/b11-8+. The second-order valence-corrected chi connectivity index (χ2v) is 4.70. The van der Waals surface area contributed by atoms with Gasteiger partial charge in [0, 0.05) is 16.7 Å². The Bertz CT molecular complexity index is 492. The number of carboxylic acids is 1. The van der Waals surface area contributed by atoms with Gasteiger partial charge in [0.25, 0.3) is 0 Å². The van der Waals surface area contributed by atoms with E-state index in [1.165, 1.54) is 6.08 Å². The van der Waals surface area contributed by atoms with Crippen molar-refractivity contribution >= 4 is 23.1 Å². The Hall–Kier alpha value is -1.48. The van der Waals surface area contributed by atoms with Crippen LogP contribution < -0.4 is 4.74 Å². The van der Waals surface area contributed by atoms with E-state index in [2.05, 4.69) is 0 Å². The highest BCUT2D eigenvalue weighted by atomic mass is 35.5. The Morgan fingerprint density at radius 1 is 1.42 bits per heavy atom. The second-order valence-electron chi connectivity index (χ2n) is 4.29. The minimum Gasteiger partial charge on any atom is -0.493 e. The molecule has 3 nitrogen and oxygen atoms in total. The average molecular weight is 283 g/mol. The van der Waals surface area contributed by atoms with E-state index in [0.29, 0.717) is 23.8 Å². The van der Waals surface area contributed by atoms with E-state index in [1.807, 2.05) is 26.8 Å². The van der Waals surface area contributed by atoms with Gasteiger partial charge in [-0.1, -0.05) is 24.9 Å². The van der Waals surface area contributed by atoms with Crippen molar-refractivity contribution in [2.24, 2.45) is 0 Å². The molecule has 0 heterocycles. The molecule has 0 unspecified atom stereocenters. The number of ether oxygens (including phenoxy) is 1. The molecule has 0 amide bonds. The van der Waals surface area contributed by atoms with E-state index in [4.69, 9.17) is 21.4 Å². The first-order valence-electron chi connectivity index (χ1n) is 6.36. The van der Waals surface area contributed by atoms with Gasteiger partial charge in [0.05, 0.1) is 6.61 Å². The summed E-state index contributed by atoms with van der Waals surface area (Å²) in [5.41, 5.74) is 2.42. The van der Waals surface area contributed by atoms with Crippen molar-refractivity contribution in [3.63, 3.8) is 0 Å². The molecule has 0 saturated heterocycles. The predicted molar refractivity (Wildman–Crippen MR) is 77.9 cm³/mol. The fourth-order valence-corrected chi connectivity index (χ4v) is 2.05. The molecule has 0 bridgehead atoms. The fraction of sp³-hybridized carbons (Fsp3) is 0.400. The Morgan fingerprint density at radius 3 is 2.63 bits per heavy atom. The summed E-state index contributed by atoms with van der Waals surface area (Å²) >= 11 is 6.14. The van der Waals surface area contributed by atoms with Gasteiger partial charge in [-0.25, -0.2) is 4.79 Å². The zero-order valence-corrected chi connectivity index (χ0v) is 12.3. The van der Waals surface area contributed by atoms with Crippen molar-refractivity contribution in [1.82, 2.24) is 0 Å². The molecule has 0 saturated carbocycles. The maximum absolute atomic E-state index is 10.9. The molecular weight excluding hydrogens is 264 g/mol. The molecule has 0 atom stereocenters. The zero-order chi connectivity index (χ0) is 14.4. The summed E-state index contributed by atoms with van der Waals surface area (Å²) in [6, 6.07) is 3.64. The molecule has 19 heavy (non-hydrogen) atoms. The molecule has 0 aromatic heterocycles. The molecular formula is C15H19ClO3. The lowest BCUT2D eigenvalue weighted by Crippen LogP contribution is -2.00. The van der Waals surface area contributed by atoms with Crippen molar-refractivity contribution < 1.29 is 14.6 Å². The van der Waals surface area contributed by atoms with Crippen LogP contribution in [0.15, 0.2) is 18.2 Å². The van der Waals surface area contributed by atoms with E-state index < -0.39 is 5.97 Å². The van der Waals surface area contributed by atoms with Gasteiger partial charge >= 0.3 is 5.97 Å².